The van der Waals surface area contributed by atoms with Crippen molar-refractivity contribution in [3.63, 3.8) is 0 Å². The molecule has 0 bridgehead atoms. The highest BCUT2D eigenvalue weighted by Gasteiger charge is 2.57. The van der Waals surface area contributed by atoms with Crippen LogP contribution in [0, 0.1) is 0 Å². The van der Waals surface area contributed by atoms with E-state index in [0.29, 0.717) is 0 Å². The Balaban J connectivity index is 1.81. The molecule has 4 aliphatic heterocycles. The molecule has 424 valence electrons. The van der Waals surface area contributed by atoms with E-state index >= 15 is 0 Å². The van der Waals surface area contributed by atoms with E-state index < -0.39 is 179 Å². The SMILES string of the molecule is CC=C(C)C(=O)OCC1OC(OC2OC(COC(=O)C(C)=CC)C(O)C(O)C2OC2OC(CO)C(OC(=O)C(C)=CC)C(OC(=O)C(C)=CC)C2O)C(OC2OC(CO)C(OC(=O)C(C)=CC)C(O)C2O)C(O)C1O. The first-order valence-electron chi connectivity index (χ1n) is 24.1. The molecule has 4 aliphatic rings. The lowest BCUT2D eigenvalue weighted by Gasteiger charge is -2.49. The van der Waals surface area contributed by atoms with Crippen LogP contribution in [0.2, 0.25) is 0 Å². The number of carbonyl (C=O) groups is 5. The summed E-state index contributed by atoms with van der Waals surface area (Å²) in [7, 11) is 0. The van der Waals surface area contributed by atoms with Crippen LogP contribution in [0.25, 0.3) is 0 Å². The molecule has 20 unspecified atom stereocenters. The highest BCUT2D eigenvalue weighted by molar-refractivity contribution is 5.89. The summed E-state index contributed by atoms with van der Waals surface area (Å²) in [5, 5.41) is 102. The van der Waals surface area contributed by atoms with Crippen LogP contribution in [0.3, 0.4) is 0 Å². The third-order valence-electron chi connectivity index (χ3n) is 13.0. The van der Waals surface area contributed by atoms with Gasteiger partial charge < -0.3 is 103 Å². The maximum atomic E-state index is 13.2. The Kier molecular flexibility index (Phi) is 24.1. The molecular formula is C49H72O26. The third-order valence-corrected chi connectivity index (χ3v) is 13.0. The molecule has 0 radical (unpaired) electrons. The van der Waals surface area contributed by atoms with Crippen molar-refractivity contribution in [2.45, 2.75) is 192 Å². The van der Waals surface area contributed by atoms with Gasteiger partial charge in [0.2, 0.25) is 0 Å². The number of carbonyl (C=O) groups excluding carboxylic acids is 5. The molecule has 0 aromatic carbocycles. The maximum Gasteiger partial charge on any atom is 0.333 e. The second-order valence-electron chi connectivity index (χ2n) is 18.0. The quantitative estimate of drug-likeness (QED) is 0.0356. The summed E-state index contributed by atoms with van der Waals surface area (Å²) in [6.07, 6.45) is -32.3. The number of rotatable bonds is 20. The molecule has 0 spiro atoms. The monoisotopic (exact) mass is 1080 g/mol. The first-order valence-corrected chi connectivity index (χ1v) is 24.1. The Labute approximate surface area is 432 Å². The second-order valence-corrected chi connectivity index (χ2v) is 18.0. The van der Waals surface area contributed by atoms with Crippen LogP contribution in [-0.2, 0) is 80.8 Å². The van der Waals surface area contributed by atoms with Gasteiger partial charge in [0.15, 0.2) is 43.5 Å². The fourth-order valence-corrected chi connectivity index (χ4v) is 7.56. The van der Waals surface area contributed by atoms with E-state index in [1.165, 1.54) is 85.8 Å². The molecule has 4 fully saturated rings. The third kappa shape index (κ3) is 15.3. The van der Waals surface area contributed by atoms with Crippen molar-refractivity contribution >= 4 is 29.8 Å². The van der Waals surface area contributed by atoms with Gasteiger partial charge in [0.05, 0.1) is 13.2 Å². The summed E-state index contributed by atoms with van der Waals surface area (Å²) in [6.45, 7) is 11.3. The second kappa shape index (κ2) is 28.7. The molecule has 4 saturated heterocycles. The van der Waals surface area contributed by atoms with E-state index in [4.69, 9.17) is 56.8 Å². The molecule has 0 aromatic rings. The Morgan fingerprint density at radius 2 is 0.667 bits per heavy atom. The molecule has 4 rings (SSSR count). The lowest BCUT2D eigenvalue weighted by atomic mass is 9.96. The molecule has 0 aromatic heterocycles. The Morgan fingerprint density at radius 1 is 0.360 bits per heavy atom. The largest absolute Gasteiger partial charge is 0.459 e. The zero-order chi connectivity index (χ0) is 56.2. The summed E-state index contributed by atoms with van der Waals surface area (Å²) < 4.78 is 69.2. The summed E-state index contributed by atoms with van der Waals surface area (Å²) in [5.41, 5.74) is 0.513. The highest BCUT2D eigenvalue weighted by Crippen LogP contribution is 2.37. The Bertz CT molecular complexity index is 2120. The maximum absolute atomic E-state index is 13.2. The molecule has 75 heavy (non-hydrogen) atoms. The van der Waals surface area contributed by atoms with Crippen molar-refractivity contribution in [3.8, 4) is 0 Å². The van der Waals surface area contributed by atoms with Crippen molar-refractivity contribution in [2.75, 3.05) is 26.4 Å². The van der Waals surface area contributed by atoms with Crippen molar-refractivity contribution in [2.24, 2.45) is 0 Å². The van der Waals surface area contributed by atoms with Crippen LogP contribution in [-0.4, -0.2) is 225 Å². The summed E-state index contributed by atoms with van der Waals surface area (Å²) in [5.74, 6) is -4.60. The van der Waals surface area contributed by atoms with Crippen LogP contribution in [0.1, 0.15) is 69.2 Å². The van der Waals surface area contributed by atoms with Gasteiger partial charge in [0, 0.05) is 27.9 Å². The van der Waals surface area contributed by atoms with Crippen molar-refractivity contribution in [1.82, 2.24) is 0 Å². The molecule has 20 atom stereocenters. The Morgan fingerprint density at radius 3 is 1.04 bits per heavy atom. The zero-order valence-electron chi connectivity index (χ0n) is 43.2. The van der Waals surface area contributed by atoms with Gasteiger partial charge in [0.1, 0.15) is 92.6 Å². The van der Waals surface area contributed by atoms with E-state index in [9.17, 15) is 69.9 Å². The standard InChI is InChI=1S/C49H72O26/c1-11-20(6)41(59)64-18-27-29(52)31(54)39(73-46-34(57)33(56)36(25(16-50)66-46)70-43(61)22(8)13-3)48(68-27)75-49-40(32(55)30(53)28(69-49)19-65-42(60)21(7)12-2)74-47-35(58)38(72-45(63)24(10)15-5)37(26(17-51)67-47)71-44(62)23(9)14-4/h11-15,25-40,46-58H,16-19H2,1-10H3. The lowest BCUT2D eigenvalue weighted by molar-refractivity contribution is -0.414. The number of ether oxygens (including phenoxy) is 12. The van der Waals surface area contributed by atoms with Gasteiger partial charge in [-0.25, -0.2) is 24.0 Å². The number of hydrogen-bond donors (Lipinski definition) is 9. The minimum atomic E-state index is -2.20. The van der Waals surface area contributed by atoms with Crippen molar-refractivity contribution in [1.29, 1.82) is 0 Å². The van der Waals surface area contributed by atoms with Gasteiger partial charge in [-0.15, -0.1) is 0 Å². The fraction of sp³-hybridized carbons (Fsp3) is 0.694. The number of allylic oxidation sites excluding steroid dienone is 5. The number of esters is 5. The normalized spacial score (nSPS) is 37.3. The smallest absolute Gasteiger partial charge is 0.333 e. The molecule has 26 nitrogen and oxygen atoms in total. The first-order chi connectivity index (χ1) is 35.4. The first kappa shape index (κ1) is 62.9. The number of hydrogen-bond acceptors (Lipinski definition) is 26. The lowest BCUT2D eigenvalue weighted by Crippen LogP contribution is -2.68. The summed E-state index contributed by atoms with van der Waals surface area (Å²) in [4.78, 5) is 64.4. The Hall–Kier alpha value is -4.59. The fourth-order valence-electron chi connectivity index (χ4n) is 7.56. The summed E-state index contributed by atoms with van der Waals surface area (Å²) >= 11 is 0. The van der Waals surface area contributed by atoms with Gasteiger partial charge in [-0.2, -0.15) is 0 Å². The minimum Gasteiger partial charge on any atom is -0.459 e. The molecule has 0 amide bonds. The van der Waals surface area contributed by atoms with Crippen molar-refractivity contribution in [3.05, 3.63) is 58.2 Å². The molecule has 0 saturated carbocycles. The number of aliphatic hydroxyl groups excluding tert-OH is 9. The van der Waals surface area contributed by atoms with E-state index in [1.807, 2.05) is 0 Å². The van der Waals surface area contributed by atoms with Gasteiger partial charge in [-0.3, -0.25) is 0 Å². The highest BCUT2D eigenvalue weighted by atomic mass is 16.8. The number of aliphatic hydroxyl groups is 9. The summed E-state index contributed by atoms with van der Waals surface area (Å²) in [6, 6.07) is 0. The van der Waals surface area contributed by atoms with Crippen LogP contribution in [0.15, 0.2) is 58.2 Å². The minimum absolute atomic E-state index is 0.0438. The van der Waals surface area contributed by atoms with Crippen molar-refractivity contribution < 1.29 is 127 Å². The van der Waals surface area contributed by atoms with Crippen LogP contribution < -0.4 is 0 Å². The van der Waals surface area contributed by atoms with Gasteiger partial charge in [-0.05, 0) is 69.2 Å². The van der Waals surface area contributed by atoms with E-state index in [2.05, 4.69) is 0 Å². The molecule has 26 heteroatoms. The average Bonchev–Trinajstić information content (AvgIpc) is 3.40. The topological polar surface area (TPSA) is 378 Å². The van der Waals surface area contributed by atoms with E-state index in [0.717, 1.165) is 0 Å². The van der Waals surface area contributed by atoms with E-state index in [1.54, 1.807) is 13.8 Å². The predicted octanol–water partition coefficient (Wildman–Crippen LogP) is -2.16. The van der Waals surface area contributed by atoms with Crippen LogP contribution in [0.4, 0.5) is 0 Å². The predicted molar refractivity (Wildman–Crippen MR) is 250 cm³/mol. The van der Waals surface area contributed by atoms with E-state index in [-0.39, 0.29) is 27.9 Å². The van der Waals surface area contributed by atoms with Gasteiger partial charge in [-0.1, -0.05) is 30.4 Å². The van der Waals surface area contributed by atoms with Crippen LogP contribution >= 0.6 is 0 Å². The van der Waals surface area contributed by atoms with Gasteiger partial charge >= 0.3 is 29.8 Å². The zero-order valence-corrected chi connectivity index (χ0v) is 43.2. The molecule has 4 heterocycles. The van der Waals surface area contributed by atoms with Gasteiger partial charge in [0.25, 0.3) is 0 Å². The molecular weight excluding hydrogens is 1000 g/mol. The average molecular weight is 1080 g/mol. The molecule has 0 aliphatic carbocycles. The molecule has 9 N–H and O–H groups in total. The van der Waals surface area contributed by atoms with Crippen LogP contribution in [0.5, 0.6) is 0 Å².